The normalized spacial score (nSPS) is 27.0. The van der Waals surface area contributed by atoms with Crippen LogP contribution in [0.2, 0.25) is 0 Å². The maximum atomic E-state index is 4.37. The number of rotatable bonds is 3. The lowest BCUT2D eigenvalue weighted by Crippen LogP contribution is -2.64. The molecule has 1 N–H and O–H groups in total. The van der Waals surface area contributed by atoms with E-state index < -0.39 is 0 Å². The van der Waals surface area contributed by atoms with Crippen molar-refractivity contribution in [3.05, 3.63) is 5.82 Å². The van der Waals surface area contributed by atoms with Gasteiger partial charge in [-0.3, -0.25) is 4.90 Å². The number of piperazine rings is 1. The van der Waals surface area contributed by atoms with E-state index in [-0.39, 0.29) is 0 Å². The molecule has 6 heteroatoms. The van der Waals surface area contributed by atoms with E-state index in [4.69, 9.17) is 0 Å². The molecular formula is C14H26N6. The van der Waals surface area contributed by atoms with Gasteiger partial charge in [0.1, 0.15) is 0 Å². The van der Waals surface area contributed by atoms with Crippen LogP contribution in [-0.2, 0) is 13.6 Å². The van der Waals surface area contributed by atoms with Crippen molar-refractivity contribution >= 4 is 0 Å². The molecule has 1 atom stereocenters. The fraction of sp³-hybridized carbons (Fsp3) is 0.929. The van der Waals surface area contributed by atoms with Gasteiger partial charge in [-0.1, -0.05) is 26.2 Å². The number of hydrogen-bond acceptors (Lipinski definition) is 5. The Balaban J connectivity index is 1.77. The third-order valence-corrected chi connectivity index (χ3v) is 4.99. The van der Waals surface area contributed by atoms with Crippen LogP contribution in [0.15, 0.2) is 0 Å². The Hall–Kier alpha value is -1.01. The predicted octanol–water partition coefficient (Wildman–Crippen LogP) is 1.10. The van der Waals surface area contributed by atoms with Crippen molar-refractivity contribution in [1.29, 1.82) is 0 Å². The second-order valence-corrected chi connectivity index (χ2v) is 6.35. The Bertz CT molecular complexity index is 437. The fourth-order valence-electron chi connectivity index (χ4n) is 3.74. The molecule has 0 amide bonds. The van der Waals surface area contributed by atoms with Crippen LogP contribution in [0.4, 0.5) is 0 Å². The molecule has 1 saturated carbocycles. The van der Waals surface area contributed by atoms with Crippen molar-refractivity contribution in [2.45, 2.75) is 63.6 Å². The van der Waals surface area contributed by atoms with Gasteiger partial charge >= 0.3 is 0 Å². The van der Waals surface area contributed by atoms with Crippen LogP contribution in [0.5, 0.6) is 0 Å². The Kier molecular flexibility index (Phi) is 4.03. The second-order valence-electron chi connectivity index (χ2n) is 6.35. The number of aryl methyl sites for hydroxylation is 1. The summed E-state index contributed by atoms with van der Waals surface area (Å²) in [6, 6.07) is 0.597. The lowest BCUT2D eigenvalue weighted by atomic mass is 9.78. The topological polar surface area (TPSA) is 58.9 Å². The van der Waals surface area contributed by atoms with E-state index >= 15 is 0 Å². The number of nitrogens with one attached hydrogen (secondary N) is 1. The zero-order chi connectivity index (χ0) is 14.0. The molecule has 0 radical (unpaired) electrons. The SMILES string of the molecule is CCC1CN(Cc2nnn(C)n2)C2(CCCCC2)CN1. The zero-order valence-electron chi connectivity index (χ0n) is 12.7. The third-order valence-electron chi connectivity index (χ3n) is 4.99. The molecule has 3 rings (SSSR count). The Morgan fingerprint density at radius 3 is 2.75 bits per heavy atom. The zero-order valence-corrected chi connectivity index (χ0v) is 12.7. The molecule has 20 heavy (non-hydrogen) atoms. The summed E-state index contributed by atoms with van der Waals surface area (Å²) in [6.07, 6.45) is 7.87. The van der Waals surface area contributed by atoms with Crippen LogP contribution < -0.4 is 5.32 Å². The first-order valence-corrected chi connectivity index (χ1v) is 7.93. The molecule has 2 fully saturated rings. The molecule has 2 aliphatic rings. The van der Waals surface area contributed by atoms with Crippen LogP contribution in [-0.4, -0.2) is 49.8 Å². The van der Waals surface area contributed by atoms with Gasteiger partial charge in [-0.05, 0) is 24.5 Å². The molecule has 1 aromatic rings. The molecule has 2 heterocycles. The highest BCUT2D eigenvalue weighted by Crippen LogP contribution is 2.36. The van der Waals surface area contributed by atoms with Crippen molar-refractivity contribution in [3.8, 4) is 0 Å². The van der Waals surface area contributed by atoms with Gasteiger partial charge in [0.25, 0.3) is 0 Å². The van der Waals surface area contributed by atoms with Crippen molar-refractivity contribution in [2.24, 2.45) is 7.05 Å². The summed E-state index contributed by atoms with van der Waals surface area (Å²) < 4.78 is 0. The summed E-state index contributed by atoms with van der Waals surface area (Å²) in [4.78, 5) is 4.19. The van der Waals surface area contributed by atoms with E-state index in [1.807, 2.05) is 7.05 Å². The quantitative estimate of drug-likeness (QED) is 0.897. The van der Waals surface area contributed by atoms with Crippen molar-refractivity contribution in [1.82, 2.24) is 30.4 Å². The molecule has 1 saturated heterocycles. The van der Waals surface area contributed by atoms with Crippen LogP contribution in [0.25, 0.3) is 0 Å². The largest absolute Gasteiger partial charge is 0.311 e. The number of tetrazole rings is 1. The van der Waals surface area contributed by atoms with Gasteiger partial charge < -0.3 is 5.32 Å². The lowest BCUT2D eigenvalue weighted by molar-refractivity contribution is 0.000889. The van der Waals surface area contributed by atoms with Gasteiger partial charge in [-0.25, -0.2) is 0 Å². The number of aromatic nitrogens is 4. The van der Waals surface area contributed by atoms with E-state index in [9.17, 15) is 0 Å². The molecule has 1 aromatic heterocycles. The van der Waals surface area contributed by atoms with Crippen molar-refractivity contribution in [3.63, 3.8) is 0 Å². The van der Waals surface area contributed by atoms with Gasteiger partial charge in [-0.15, -0.1) is 10.2 Å². The van der Waals surface area contributed by atoms with Crippen LogP contribution >= 0.6 is 0 Å². The average molecular weight is 278 g/mol. The second kappa shape index (κ2) is 5.77. The molecule has 1 aliphatic carbocycles. The van der Waals surface area contributed by atoms with E-state index in [0.29, 0.717) is 11.6 Å². The van der Waals surface area contributed by atoms with Crippen LogP contribution in [0.3, 0.4) is 0 Å². The molecule has 6 nitrogen and oxygen atoms in total. The molecule has 0 aromatic carbocycles. The Morgan fingerprint density at radius 1 is 1.30 bits per heavy atom. The van der Waals surface area contributed by atoms with E-state index in [1.165, 1.54) is 38.5 Å². The Morgan fingerprint density at radius 2 is 2.10 bits per heavy atom. The lowest BCUT2D eigenvalue weighted by Gasteiger charge is -2.51. The van der Waals surface area contributed by atoms with Gasteiger partial charge in [0.05, 0.1) is 13.6 Å². The molecule has 1 spiro atoms. The summed E-state index contributed by atoms with van der Waals surface area (Å²) in [6.45, 7) is 5.32. The van der Waals surface area contributed by atoms with Gasteiger partial charge in [0.2, 0.25) is 0 Å². The Labute approximate surface area is 120 Å². The highest BCUT2D eigenvalue weighted by atomic mass is 15.6. The maximum Gasteiger partial charge on any atom is 0.188 e. The van der Waals surface area contributed by atoms with E-state index in [0.717, 1.165) is 25.5 Å². The number of hydrogen-bond donors (Lipinski definition) is 1. The van der Waals surface area contributed by atoms with Crippen molar-refractivity contribution < 1.29 is 0 Å². The first-order valence-electron chi connectivity index (χ1n) is 7.93. The van der Waals surface area contributed by atoms with E-state index in [1.54, 1.807) is 4.80 Å². The van der Waals surface area contributed by atoms with Crippen LogP contribution in [0, 0.1) is 0 Å². The van der Waals surface area contributed by atoms with Gasteiger partial charge in [0, 0.05) is 24.7 Å². The van der Waals surface area contributed by atoms with Gasteiger partial charge in [0.15, 0.2) is 5.82 Å². The standard InChI is InChI=1S/C14H26N6/c1-3-12-9-20(10-13-16-18-19(2)17-13)14(11-15-12)7-5-4-6-8-14/h12,15H,3-11H2,1-2H3. The fourth-order valence-corrected chi connectivity index (χ4v) is 3.74. The van der Waals surface area contributed by atoms with Crippen molar-refractivity contribution in [2.75, 3.05) is 13.1 Å². The average Bonchev–Trinajstić information content (AvgIpc) is 2.88. The minimum absolute atomic E-state index is 0.323. The summed E-state index contributed by atoms with van der Waals surface area (Å²) >= 11 is 0. The highest BCUT2D eigenvalue weighted by Gasteiger charge is 2.42. The first-order chi connectivity index (χ1) is 9.72. The summed E-state index contributed by atoms with van der Waals surface area (Å²) in [5.41, 5.74) is 0.323. The monoisotopic (exact) mass is 278 g/mol. The van der Waals surface area contributed by atoms with E-state index in [2.05, 4.69) is 32.6 Å². The number of nitrogens with zero attached hydrogens (tertiary/aromatic N) is 5. The molecule has 0 bridgehead atoms. The first kappa shape index (κ1) is 13.9. The molecular weight excluding hydrogens is 252 g/mol. The van der Waals surface area contributed by atoms with Crippen LogP contribution in [0.1, 0.15) is 51.3 Å². The third kappa shape index (κ3) is 2.72. The highest BCUT2D eigenvalue weighted by molar-refractivity contribution is 5.01. The molecule has 112 valence electrons. The smallest absolute Gasteiger partial charge is 0.188 e. The summed E-state index contributed by atoms with van der Waals surface area (Å²) in [5, 5.41) is 16.3. The maximum absolute atomic E-state index is 4.37. The summed E-state index contributed by atoms with van der Waals surface area (Å²) in [7, 11) is 1.83. The predicted molar refractivity (Wildman–Crippen MR) is 77.1 cm³/mol. The van der Waals surface area contributed by atoms with Gasteiger partial charge in [-0.2, -0.15) is 4.80 Å². The molecule has 1 unspecified atom stereocenters. The minimum atomic E-state index is 0.323. The summed E-state index contributed by atoms with van der Waals surface area (Å²) in [5.74, 6) is 0.856. The molecule has 1 aliphatic heterocycles. The minimum Gasteiger partial charge on any atom is -0.311 e.